The third-order valence-electron chi connectivity index (χ3n) is 2.79. The lowest BCUT2D eigenvalue weighted by Gasteiger charge is -2.06. The number of carbonyl (C=O) groups excluding carboxylic acids is 1. The number of primary amides is 1. The number of benzene rings is 1. The second-order valence-electron chi connectivity index (χ2n) is 4.05. The Morgan fingerprint density at radius 3 is 2.94 bits per heavy atom. The number of amides is 1. The second-order valence-corrected chi connectivity index (χ2v) is 4.05. The summed E-state index contributed by atoms with van der Waals surface area (Å²) in [7, 11) is 1.61. The quantitative estimate of drug-likeness (QED) is 0.821. The third kappa shape index (κ3) is 2.37. The normalized spacial score (nSPS) is 10.7. The monoisotopic (exact) mass is 248 g/mol. The molecule has 6 nitrogen and oxygen atoms in total. The van der Waals surface area contributed by atoms with E-state index >= 15 is 0 Å². The topological polar surface area (TPSA) is 96.2 Å². The Morgan fingerprint density at radius 2 is 2.28 bits per heavy atom. The Kier molecular flexibility index (Phi) is 3.36. The van der Waals surface area contributed by atoms with Crippen LogP contribution in [0.3, 0.4) is 0 Å². The van der Waals surface area contributed by atoms with Crippen molar-refractivity contribution in [2.24, 2.45) is 5.73 Å². The van der Waals surface area contributed by atoms with Crippen LogP contribution < -0.4 is 16.2 Å². The molecule has 2 aromatic rings. The van der Waals surface area contributed by atoms with E-state index < -0.39 is 0 Å². The van der Waals surface area contributed by atoms with Gasteiger partial charge in [0.05, 0.1) is 18.1 Å². The van der Waals surface area contributed by atoms with Crippen LogP contribution in [-0.2, 0) is 11.3 Å². The van der Waals surface area contributed by atoms with E-state index in [9.17, 15) is 4.79 Å². The van der Waals surface area contributed by atoms with Gasteiger partial charge in [0.15, 0.2) is 0 Å². The second kappa shape index (κ2) is 4.95. The van der Waals surface area contributed by atoms with Gasteiger partial charge in [0, 0.05) is 19.0 Å². The van der Waals surface area contributed by atoms with Gasteiger partial charge in [-0.3, -0.25) is 4.79 Å². The van der Waals surface area contributed by atoms with Crippen LogP contribution in [0.15, 0.2) is 18.2 Å². The molecule has 0 unspecified atom stereocenters. The van der Waals surface area contributed by atoms with Crippen LogP contribution >= 0.6 is 0 Å². The van der Waals surface area contributed by atoms with Gasteiger partial charge in [-0.25, -0.2) is 4.98 Å². The number of hydrogen-bond acceptors (Lipinski definition) is 4. The number of imidazole rings is 1. The number of nitrogen functional groups attached to an aromatic ring is 1. The molecule has 0 aliphatic rings. The first kappa shape index (κ1) is 12.2. The van der Waals surface area contributed by atoms with Crippen LogP contribution in [0.25, 0.3) is 11.0 Å². The molecule has 0 spiro atoms. The molecule has 0 radical (unpaired) electrons. The molecular weight excluding hydrogens is 232 g/mol. The number of fused-ring (bicyclic) bond motifs is 1. The van der Waals surface area contributed by atoms with Gasteiger partial charge in [0.2, 0.25) is 11.9 Å². The van der Waals surface area contributed by atoms with Gasteiger partial charge in [-0.2, -0.15) is 0 Å². The Hall–Kier alpha value is -2.24. The Balaban J connectivity index is 2.29. The predicted octanol–water partition coefficient (Wildman–Crippen LogP) is 0.893. The van der Waals surface area contributed by atoms with E-state index in [0.717, 1.165) is 16.8 Å². The zero-order valence-electron chi connectivity index (χ0n) is 10.2. The average Bonchev–Trinajstić information content (AvgIpc) is 2.64. The zero-order chi connectivity index (χ0) is 13.1. The number of hydrogen-bond donors (Lipinski definition) is 2. The van der Waals surface area contributed by atoms with Crippen molar-refractivity contribution < 1.29 is 9.53 Å². The average molecular weight is 248 g/mol. The number of ether oxygens (including phenoxy) is 1. The van der Waals surface area contributed by atoms with Crippen molar-refractivity contribution in [2.45, 2.75) is 19.4 Å². The SMILES string of the molecule is COc1ccc2nc(N)n(CCCC(N)=O)c2c1. The minimum absolute atomic E-state index is 0.310. The molecule has 2 rings (SSSR count). The van der Waals surface area contributed by atoms with Gasteiger partial charge in [0.1, 0.15) is 5.75 Å². The Bertz CT molecular complexity index is 577. The van der Waals surface area contributed by atoms with E-state index in [2.05, 4.69) is 4.98 Å². The Labute approximate surface area is 105 Å². The molecule has 0 saturated heterocycles. The number of methoxy groups -OCH3 is 1. The molecule has 0 atom stereocenters. The standard InChI is InChI=1S/C12H16N4O2/c1-18-8-4-5-9-10(7-8)16(12(14)15-9)6-2-3-11(13)17/h4-5,7H,2-3,6H2,1H3,(H2,13,17)(H2,14,15). The smallest absolute Gasteiger partial charge is 0.217 e. The van der Waals surface area contributed by atoms with E-state index in [1.807, 2.05) is 22.8 Å². The van der Waals surface area contributed by atoms with Crippen molar-refractivity contribution in [1.29, 1.82) is 0 Å². The molecule has 1 heterocycles. The van der Waals surface area contributed by atoms with Crippen molar-refractivity contribution in [1.82, 2.24) is 9.55 Å². The maximum atomic E-state index is 10.7. The maximum Gasteiger partial charge on any atom is 0.217 e. The summed E-state index contributed by atoms with van der Waals surface area (Å²) >= 11 is 0. The van der Waals surface area contributed by atoms with Crippen LogP contribution in [0.5, 0.6) is 5.75 Å². The van der Waals surface area contributed by atoms with Crippen LogP contribution in [-0.4, -0.2) is 22.6 Å². The zero-order valence-corrected chi connectivity index (χ0v) is 10.2. The van der Waals surface area contributed by atoms with Crippen LogP contribution in [0, 0.1) is 0 Å². The van der Waals surface area contributed by atoms with Gasteiger partial charge in [-0.05, 0) is 18.6 Å². The van der Waals surface area contributed by atoms with E-state index in [0.29, 0.717) is 25.3 Å². The molecule has 0 saturated carbocycles. The highest BCUT2D eigenvalue weighted by Crippen LogP contribution is 2.23. The highest BCUT2D eigenvalue weighted by molar-refractivity contribution is 5.80. The number of carbonyl (C=O) groups is 1. The lowest BCUT2D eigenvalue weighted by molar-refractivity contribution is -0.118. The van der Waals surface area contributed by atoms with Crippen molar-refractivity contribution >= 4 is 22.9 Å². The van der Waals surface area contributed by atoms with Crippen LogP contribution in [0.2, 0.25) is 0 Å². The molecule has 0 aliphatic carbocycles. The van der Waals surface area contributed by atoms with Crippen molar-refractivity contribution in [3.8, 4) is 5.75 Å². The summed E-state index contributed by atoms with van der Waals surface area (Å²) in [6.45, 7) is 0.610. The largest absolute Gasteiger partial charge is 0.497 e. The number of anilines is 1. The van der Waals surface area contributed by atoms with Crippen molar-refractivity contribution in [2.75, 3.05) is 12.8 Å². The summed E-state index contributed by atoms with van der Waals surface area (Å²) in [6, 6.07) is 5.57. The predicted molar refractivity (Wildman–Crippen MR) is 69.1 cm³/mol. The fraction of sp³-hybridized carbons (Fsp3) is 0.333. The van der Waals surface area contributed by atoms with Gasteiger partial charge in [-0.1, -0.05) is 0 Å². The fourth-order valence-corrected chi connectivity index (χ4v) is 1.89. The molecule has 1 amide bonds. The Morgan fingerprint density at radius 1 is 1.50 bits per heavy atom. The molecule has 18 heavy (non-hydrogen) atoms. The minimum atomic E-state index is -0.310. The van der Waals surface area contributed by atoms with Gasteiger partial charge < -0.3 is 20.8 Å². The highest BCUT2D eigenvalue weighted by Gasteiger charge is 2.09. The number of nitrogens with zero attached hydrogens (tertiary/aromatic N) is 2. The number of nitrogens with two attached hydrogens (primary N) is 2. The maximum absolute atomic E-state index is 10.7. The van der Waals surface area contributed by atoms with Crippen LogP contribution in [0.4, 0.5) is 5.95 Å². The lowest BCUT2D eigenvalue weighted by Crippen LogP contribution is -2.12. The number of aryl methyl sites for hydroxylation is 1. The van der Waals surface area contributed by atoms with E-state index in [1.54, 1.807) is 7.11 Å². The molecule has 0 bridgehead atoms. The van der Waals surface area contributed by atoms with E-state index in [4.69, 9.17) is 16.2 Å². The molecule has 96 valence electrons. The first-order chi connectivity index (χ1) is 8.61. The summed E-state index contributed by atoms with van der Waals surface area (Å²) in [5.74, 6) is 0.872. The summed E-state index contributed by atoms with van der Waals surface area (Å²) in [6.07, 6.45) is 0.977. The first-order valence-electron chi connectivity index (χ1n) is 5.70. The summed E-state index contributed by atoms with van der Waals surface area (Å²) < 4.78 is 7.04. The van der Waals surface area contributed by atoms with E-state index in [-0.39, 0.29) is 5.91 Å². The summed E-state index contributed by atoms with van der Waals surface area (Å²) in [5, 5.41) is 0. The molecule has 0 fully saturated rings. The molecule has 4 N–H and O–H groups in total. The van der Waals surface area contributed by atoms with Crippen molar-refractivity contribution in [3.05, 3.63) is 18.2 Å². The fourth-order valence-electron chi connectivity index (χ4n) is 1.89. The van der Waals surface area contributed by atoms with Gasteiger partial charge >= 0.3 is 0 Å². The summed E-state index contributed by atoms with van der Waals surface area (Å²) in [4.78, 5) is 15.0. The van der Waals surface area contributed by atoms with Crippen molar-refractivity contribution in [3.63, 3.8) is 0 Å². The van der Waals surface area contributed by atoms with E-state index in [1.165, 1.54) is 0 Å². The lowest BCUT2D eigenvalue weighted by atomic mass is 10.2. The molecular formula is C12H16N4O2. The molecule has 6 heteroatoms. The molecule has 1 aromatic carbocycles. The van der Waals surface area contributed by atoms with Gasteiger partial charge in [-0.15, -0.1) is 0 Å². The first-order valence-corrected chi connectivity index (χ1v) is 5.70. The molecule has 1 aromatic heterocycles. The summed E-state index contributed by atoms with van der Waals surface area (Å²) in [5.41, 5.74) is 12.7. The third-order valence-corrected chi connectivity index (χ3v) is 2.79. The number of rotatable bonds is 5. The van der Waals surface area contributed by atoms with Crippen LogP contribution in [0.1, 0.15) is 12.8 Å². The minimum Gasteiger partial charge on any atom is -0.497 e. The number of aromatic nitrogens is 2. The van der Waals surface area contributed by atoms with Gasteiger partial charge in [0.25, 0.3) is 0 Å². The highest BCUT2D eigenvalue weighted by atomic mass is 16.5. The molecule has 0 aliphatic heterocycles.